The molecule has 11 aromatic carbocycles. The van der Waals surface area contributed by atoms with E-state index < -0.39 is 49.2 Å². The summed E-state index contributed by atoms with van der Waals surface area (Å²) in [6.45, 7) is 4.61. The van der Waals surface area contributed by atoms with Crippen molar-refractivity contribution in [1.82, 2.24) is 4.98 Å². The Labute approximate surface area is 659 Å². The maximum Gasteiger partial charge on any atom is 0.209 e. The van der Waals surface area contributed by atoms with Gasteiger partial charge in [-0.15, -0.1) is 11.3 Å². The number of hydrogen-bond acceptors (Lipinski definition) is 21. The molecule has 572 valence electrons. The molecular formula is C83H77BrFN7O13S6. The van der Waals surface area contributed by atoms with Crippen LogP contribution in [0, 0.1) is 12.7 Å². The first-order chi connectivity index (χ1) is 52.7. The molecule has 0 saturated carbocycles. The number of nitrogens with zero attached hydrogens (tertiary/aromatic N) is 7. The summed E-state index contributed by atoms with van der Waals surface area (Å²) in [6.07, 6.45) is 17.5. The lowest BCUT2D eigenvalue weighted by Gasteiger charge is -2.02. The number of halogens is 2. The highest BCUT2D eigenvalue weighted by Crippen LogP contribution is 2.24. The van der Waals surface area contributed by atoms with Gasteiger partial charge in [-0.1, -0.05) is 94.3 Å². The third-order valence-electron chi connectivity index (χ3n) is 14.7. The molecule has 0 aliphatic carbocycles. The van der Waals surface area contributed by atoms with Crippen LogP contribution in [0.3, 0.4) is 0 Å². The van der Waals surface area contributed by atoms with Crippen LogP contribution in [-0.2, 0) is 49.2 Å². The van der Waals surface area contributed by atoms with Crippen molar-refractivity contribution in [1.29, 1.82) is 0 Å². The number of sulfone groups is 5. The standard InChI is InChI=1S/C16H17NO3S.C15H15NO2S.C14H12BrNO2S.C14H12FNO2S.C14H13NO3S.C10H8N2OS/c1-3-20-15-8-4-13(5-9-15)12-17-14-6-10-16(11-7-14)21(2,18)19;1-12-3-5-13(6-4-12)11-16-14-7-9-15(10-8-14)19(2,17)18;2*1-19(17,18)14-8-6-13(7-9-14)16-10-11-2-4-12(15)5-3-11;1-19(17,18)13-8-6-12(7-9-13)15-10-11-4-2-3-5-14(11)16;13-9-4-2-1-3-8(9)7-12-10-11-5-6-14-10/h4-12H,3H2,1-2H3;3-11H,1-2H3;2*2-10H,1H3;2-10,16H,1H3;1-7,13H. The Kier molecular flexibility index (Phi) is 32.9. The van der Waals surface area contributed by atoms with Crippen molar-refractivity contribution < 1.29 is 61.4 Å². The molecule has 12 rings (SSSR count). The fourth-order valence-electron chi connectivity index (χ4n) is 8.80. The second-order valence-electron chi connectivity index (χ2n) is 23.8. The van der Waals surface area contributed by atoms with Crippen LogP contribution in [0.5, 0.6) is 17.2 Å². The van der Waals surface area contributed by atoms with Gasteiger partial charge in [-0.25, -0.2) is 56.5 Å². The number of hydrogen-bond donors (Lipinski definition) is 2. The molecule has 12 aromatic rings. The molecule has 20 nitrogen and oxygen atoms in total. The molecule has 28 heteroatoms. The molecule has 1 aromatic heterocycles. The Morgan fingerprint density at radius 2 is 0.658 bits per heavy atom. The van der Waals surface area contributed by atoms with E-state index in [1.54, 1.807) is 189 Å². The van der Waals surface area contributed by atoms with Crippen LogP contribution in [0.1, 0.15) is 45.9 Å². The molecule has 0 aliphatic rings. The van der Waals surface area contributed by atoms with Gasteiger partial charge in [-0.2, -0.15) is 0 Å². The Balaban J connectivity index is 0.000000186. The Bertz CT molecular complexity index is 5490. The molecule has 2 N–H and O–H groups in total. The first-order valence-electron chi connectivity index (χ1n) is 33.2. The Morgan fingerprint density at radius 3 is 0.946 bits per heavy atom. The maximum atomic E-state index is 12.7. The van der Waals surface area contributed by atoms with E-state index in [1.165, 1.54) is 78.3 Å². The van der Waals surface area contributed by atoms with Crippen LogP contribution in [0.15, 0.2) is 337 Å². The number of phenols is 2. The predicted octanol–water partition coefficient (Wildman–Crippen LogP) is 18.1. The quantitative estimate of drug-likeness (QED) is 0.0711. The number of aliphatic imine (C=N–C) groups is 6. The normalized spacial score (nSPS) is 11.7. The minimum absolute atomic E-state index is 0.152. The van der Waals surface area contributed by atoms with Crippen molar-refractivity contribution in [2.24, 2.45) is 30.0 Å². The zero-order valence-electron chi connectivity index (χ0n) is 61.0. The van der Waals surface area contributed by atoms with E-state index in [9.17, 15) is 56.7 Å². The van der Waals surface area contributed by atoms with Crippen molar-refractivity contribution in [2.45, 2.75) is 38.3 Å². The van der Waals surface area contributed by atoms with Gasteiger partial charge in [0.15, 0.2) is 49.2 Å². The largest absolute Gasteiger partial charge is 0.507 e. The van der Waals surface area contributed by atoms with Crippen molar-refractivity contribution in [3.8, 4) is 17.2 Å². The lowest BCUT2D eigenvalue weighted by molar-refractivity contribution is 0.340. The van der Waals surface area contributed by atoms with Gasteiger partial charge in [-0.05, 0) is 230 Å². The molecule has 0 fully saturated rings. The first-order valence-corrected chi connectivity index (χ1v) is 44.3. The van der Waals surface area contributed by atoms with Crippen LogP contribution in [0.25, 0.3) is 0 Å². The van der Waals surface area contributed by atoms with Crippen LogP contribution in [0.4, 0.5) is 38.0 Å². The SMILES string of the molecule is CCOc1ccc(C=Nc2ccc(S(C)(=O)=O)cc2)cc1.CS(=O)(=O)c1ccc(N=Cc2ccc(Br)cc2)cc1.CS(=O)(=O)c1ccc(N=Cc2ccc(F)cc2)cc1.CS(=O)(=O)c1ccc(N=Cc2ccccc2O)cc1.Cc1ccc(C=Nc2ccc(S(C)(=O)=O)cc2)cc1.Oc1ccccc1C=Nc1nccs1. The van der Waals surface area contributed by atoms with Gasteiger partial charge < -0.3 is 14.9 Å². The molecule has 0 saturated heterocycles. The number of aromatic nitrogens is 1. The number of aromatic hydroxyl groups is 2. The fourth-order valence-corrected chi connectivity index (χ4v) is 12.7. The van der Waals surface area contributed by atoms with Crippen LogP contribution in [-0.4, -0.2) is 132 Å². The molecule has 0 atom stereocenters. The molecule has 0 radical (unpaired) electrons. The summed E-state index contributed by atoms with van der Waals surface area (Å²) in [7, 11) is -15.8. The Hall–Kier alpha value is -11.4. The lowest BCUT2D eigenvalue weighted by Crippen LogP contribution is -1.95. The monoisotopic (exact) mass is 1670 g/mol. The van der Waals surface area contributed by atoms with Gasteiger partial charge in [0.25, 0.3) is 0 Å². The third-order valence-corrected chi connectivity index (χ3v) is 21.6. The van der Waals surface area contributed by atoms with E-state index >= 15 is 0 Å². The van der Waals surface area contributed by atoms with Crippen molar-refractivity contribution in [2.75, 3.05) is 37.9 Å². The van der Waals surface area contributed by atoms with Crippen molar-refractivity contribution in [3.63, 3.8) is 0 Å². The predicted molar refractivity (Wildman–Crippen MR) is 449 cm³/mol. The maximum absolute atomic E-state index is 12.7. The van der Waals surface area contributed by atoms with Gasteiger partial charge in [-0.3, -0.25) is 25.0 Å². The minimum Gasteiger partial charge on any atom is -0.507 e. The van der Waals surface area contributed by atoms with E-state index in [2.05, 4.69) is 50.9 Å². The smallest absolute Gasteiger partial charge is 0.209 e. The van der Waals surface area contributed by atoms with E-state index in [4.69, 9.17) is 4.74 Å². The number of ether oxygens (including phenoxy) is 1. The number of phenolic OH excluding ortho intramolecular Hbond substituents is 2. The highest BCUT2D eigenvalue weighted by atomic mass is 79.9. The molecule has 0 unspecified atom stereocenters. The van der Waals surface area contributed by atoms with E-state index in [-0.39, 0.29) is 27.1 Å². The number of aryl methyl sites for hydroxylation is 1. The fraction of sp³-hybridized carbons (Fsp3) is 0.0964. The number of para-hydroxylation sites is 2. The summed E-state index contributed by atoms with van der Waals surface area (Å²) in [5.41, 5.74) is 9.63. The Morgan fingerprint density at radius 1 is 0.378 bits per heavy atom. The number of benzene rings is 11. The number of rotatable bonds is 19. The average Bonchev–Trinajstić information content (AvgIpc) is 1.87. The molecule has 0 amide bonds. The summed E-state index contributed by atoms with van der Waals surface area (Å²) in [4.78, 5) is 30.8. The molecule has 0 bridgehead atoms. The van der Waals surface area contributed by atoms with Gasteiger partial charge >= 0.3 is 0 Å². The van der Waals surface area contributed by atoms with Gasteiger partial charge in [0.2, 0.25) is 5.13 Å². The topological polar surface area (TPSA) is 307 Å². The lowest BCUT2D eigenvalue weighted by atomic mass is 10.2. The van der Waals surface area contributed by atoms with Crippen LogP contribution < -0.4 is 4.74 Å². The zero-order chi connectivity index (χ0) is 80.6. The average molecular weight is 1670 g/mol. The van der Waals surface area contributed by atoms with Gasteiger partial charge in [0, 0.05) is 95.7 Å². The second kappa shape index (κ2) is 42.0. The summed E-state index contributed by atoms with van der Waals surface area (Å²) in [5.74, 6) is 0.911. The molecule has 111 heavy (non-hydrogen) atoms. The first kappa shape index (κ1) is 86.9. The highest BCUT2D eigenvalue weighted by Gasteiger charge is 2.11. The van der Waals surface area contributed by atoms with Crippen LogP contribution >= 0.6 is 27.3 Å². The van der Waals surface area contributed by atoms with E-state index in [0.717, 1.165) is 56.4 Å². The zero-order valence-corrected chi connectivity index (χ0v) is 67.4. The summed E-state index contributed by atoms with van der Waals surface area (Å²) in [6, 6.07) is 75.2. The summed E-state index contributed by atoms with van der Waals surface area (Å²) >= 11 is 4.82. The van der Waals surface area contributed by atoms with Gasteiger partial charge in [0.1, 0.15) is 23.1 Å². The summed E-state index contributed by atoms with van der Waals surface area (Å²) < 4.78 is 132. The molecule has 0 spiro atoms. The second-order valence-corrected chi connectivity index (χ2v) is 35.7. The highest BCUT2D eigenvalue weighted by molar-refractivity contribution is 9.10. The molecule has 0 aliphatic heterocycles. The van der Waals surface area contributed by atoms with Gasteiger partial charge in [0.05, 0.1) is 59.5 Å². The molecular weight excluding hydrogens is 1590 g/mol. The minimum atomic E-state index is -3.19. The van der Waals surface area contributed by atoms with Crippen molar-refractivity contribution in [3.05, 3.63) is 328 Å². The third kappa shape index (κ3) is 31.6. The van der Waals surface area contributed by atoms with E-state index in [1.807, 2.05) is 98.1 Å². The van der Waals surface area contributed by atoms with Crippen LogP contribution in [0.2, 0.25) is 0 Å². The number of thiazole rings is 1. The molecule has 1 heterocycles. The van der Waals surface area contributed by atoms with E-state index in [0.29, 0.717) is 54.6 Å². The van der Waals surface area contributed by atoms with Crippen molar-refractivity contribution >= 4 is 147 Å². The summed E-state index contributed by atoms with van der Waals surface area (Å²) in [5, 5.41) is 21.5.